The van der Waals surface area contributed by atoms with E-state index in [1.165, 1.54) is 0 Å². The highest BCUT2D eigenvalue weighted by Gasteiger charge is 2.35. The summed E-state index contributed by atoms with van der Waals surface area (Å²) in [5.41, 5.74) is 4.03. The van der Waals surface area contributed by atoms with Crippen LogP contribution in [0.1, 0.15) is 32.6 Å². The maximum absolute atomic E-state index is 13.1. The third-order valence-corrected chi connectivity index (χ3v) is 5.93. The van der Waals surface area contributed by atoms with Crippen molar-refractivity contribution in [3.63, 3.8) is 0 Å². The van der Waals surface area contributed by atoms with Gasteiger partial charge in [-0.15, -0.1) is 0 Å². The lowest BCUT2D eigenvalue weighted by atomic mass is 9.98. The summed E-state index contributed by atoms with van der Waals surface area (Å²) >= 11 is 12.3. The highest BCUT2D eigenvalue weighted by Crippen LogP contribution is 2.44. The molecule has 0 spiro atoms. The van der Waals surface area contributed by atoms with E-state index in [1.807, 2.05) is 31.3 Å². The normalized spacial score (nSPS) is 16.6. The van der Waals surface area contributed by atoms with Crippen LogP contribution >= 0.6 is 23.2 Å². The summed E-state index contributed by atoms with van der Waals surface area (Å²) in [4.78, 5) is 19.4. The largest absolute Gasteiger partial charge is 0.478 e. The number of ketones is 1. The van der Waals surface area contributed by atoms with Crippen LogP contribution in [0.25, 0.3) is 6.08 Å². The molecule has 0 radical (unpaired) electrons. The van der Waals surface area contributed by atoms with Crippen LogP contribution in [0.4, 0.5) is 0 Å². The maximum Gasteiger partial charge on any atom is 0.232 e. The molecule has 5 rings (SSSR count). The quantitative estimate of drug-likeness (QED) is 0.479. The third-order valence-electron chi connectivity index (χ3n) is 5.37. The predicted molar refractivity (Wildman–Crippen MR) is 120 cm³/mol. The molecule has 2 aromatic carbocycles. The summed E-state index contributed by atoms with van der Waals surface area (Å²) in [5, 5.41) is 0.988. The molecule has 3 heterocycles. The van der Waals surface area contributed by atoms with E-state index in [9.17, 15) is 4.79 Å². The number of aromatic nitrogens is 1. The number of ether oxygens (including phenoxy) is 2. The van der Waals surface area contributed by atoms with Gasteiger partial charge in [0, 0.05) is 35.5 Å². The van der Waals surface area contributed by atoms with Crippen LogP contribution in [0, 0.1) is 6.92 Å². The number of benzene rings is 2. The van der Waals surface area contributed by atoms with Crippen molar-refractivity contribution in [2.45, 2.75) is 20.0 Å². The van der Waals surface area contributed by atoms with Gasteiger partial charge >= 0.3 is 0 Å². The van der Waals surface area contributed by atoms with Crippen molar-refractivity contribution in [2.75, 3.05) is 6.73 Å². The van der Waals surface area contributed by atoms with Crippen molar-refractivity contribution in [3.8, 4) is 11.5 Å². The van der Waals surface area contributed by atoms with E-state index in [1.54, 1.807) is 30.5 Å². The minimum Gasteiger partial charge on any atom is -0.478 e. The molecular formula is C24H18Cl2N2O3. The molecule has 0 aliphatic carbocycles. The van der Waals surface area contributed by atoms with Gasteiger partial charge in [0.15, 0.2) is 5.76 Å². The molecule has 31 heavy (non-hydrogen) atoms. The van der Waals surface area contributed by atoms with E-state index in [-0.39, 0.29) is 11.5 Å². The van der Waals surface area contributed by atoms with Crippen LogP contribution in [0.2, 0.25) is 10.0 Å². The average Bonchev–Trinajstić information content (AvgIpc) is 3.08. The number of halogens is 2. The van der Waals surface area contributed by atoms with Gasteiger partial charge in [-0.25, -0.2) is 0 Å². The summed E-state index contributed by atoms with van der Waals surface area (Å²) in [6.45, 7) is 3.64. The molecular weight excluding hydrogens is 435 g/mol. The molecule has 156 valence electrons. The molecule has 0 saturated heterocycles. The molecule has 0 fully saturated rings. The fourth-order valence-electron chi connectivity index (χ4n) is 3.89. The van der Waals surface area contributed by atoms with Gasteiger partial charge in [-0.3, -0.25) is 14.7 Å². The van der Waals surface area contributed by atoms with Crippen molar-refractivity contribution < 1.29 is 14.3 Å². The number of hydrogen-bond acceptors (Lipinski definition) is 5. The molecule has 7 heteroatoms. The molecule has 2 aliphatic heterocycles. The summed E-state index contributed by atoms with van der Waals surface area (Å²) in [6, 6.07) is 11.0. The molecule has 2 aliphatic rings. The fraction of sp³-hybridized carbons (Fsp3) is 0.167. The van der Waals surface area contributed by atoms with Crippen LogP contribution in [0.5, 0.6) is 11.5 Å². The Balaban J connectivity index is 1.48. The van der Waals surface area contributed by atoms with Gasteiger partial charge < -0.3 is 9.47 Å². The van der Waals surface area contributed by atoms with Crippen molar-refractivity contribution >= 4 is 35.1 Å². The molecule has 0 saturated carbocycles. The number of carbonyl (C=O) groups is 1. The van der Waals surface area contributed by atoms with Crippen molar-refractivity contribution in [2.24, 2.45) is 0 Å². The zero-order valence-electron chi connectivity index (χ0n) is 16.7. The second kappa shape index (κ2) is 8.00. The maximum atomic E-state index is 13.1. The topological polar surface area (TPSA) is 51.7 Å². The SMILES string of the molecule is Cc1cc2c(c3c1C(=O)/C(=C/c1ccc(Cl)cc1Cl)O3)CN(Cc1cccnc1)CO2. The number of Topliss-reactive ketones (excluding diaryl/α,β-unsaturated/α-hetero) is 1. The number of carbonyl (C=O) groups excluding carboxylic acids is 1. The minimum atomic E-state index is -0.161. The lowest BCUT2D eigenvalue weighted by molar-refractivity contribution is 0.0871. The van der Waals surface area contributed by atoms with Crippen LogP contribution in [-0.2, 0) is 13.1 Å². The fourth-order valence-corrected chi connectivity index (χ4v) is 4.35. The Morgan fingerprint density at radius 1 is 1.23 bits per heavy atom. The second-order valence-electron chi connectivity index (χ2n) is 7.60. The van der Waals surface area contributed by atoms with Gasteiger partial charge in [0.05, 0.1) is 11.1 Å². The standard InChI is InChI=1S/C24H18Cl2N2O3/c1-14-7-20-18(12-28(13-30-20)11-15-3-2-6-27-10-15)24-22(14)23(29)21(31-24)8-16-4-5-17(25)9-19(16)26/h2-10H,11-13H2,1H3/b21-8-. The first-order valence-electron chi connectivity index (χ1n) is 9.79. The summed E-state index contributed by atoms with van der Waals surface area (Å²) in [6.07, 6.45) is 5.25. The number of nitrogens with zero attached hydrogens (tertiary/aromatic N) is 2. The van der Waals surface area contributed by atoms with Crippen LogP contribution in [0.15, 0.2) is 54.6 Å². The molecule has 0 unspecified atom stereocenters. The van der Waals surface area contributed by atoms with Gasteiger partial charge in [-0.2, -0.15) is 0 Å². The Kier molecular flexibility index (Phi) is 5.18. The van der Waals surface area contributed by atoms with E-state index in [2.05, 4.69) is 9.88 Å². The number of rotatable bonds is 3. The first-order chi connectivity index (χ1) is 15.0. The van der Waals surface area contributed by atoms with Crippen LogP contribution in [0.3, 0.4) is 0 Å². The molecule has 0 N–H and O–H groups in total. The van der Waals surface area contributed by atoms with E-state index in [0.29, 0.717) is 46.7 Å². The third kappa shape index (κ3) is 3.81. The molecule has 0 atom stereocenters. The van der Waals surface area contributed by atoms with Crippen LogP contribution < -0.4 is 9.47 Å². The summed E-state index contributed by atoms with van der Waals surface area (Å²) in [7, 11) is 0. The number of allylic oxidation sites excluding steroid dienone is 1. The smallest absolute Gasteiger partial charge is 0.232 e. The number of hydrogen-bond donors (Lipinski definition) is 0. The minimum absolute atomic E-state index is 0.161. The van der Waals surface area contributed by atoms with Gasteiger partial charge in [0.1, 0.15) is 18.2 Å². The Labute approximate surface area is 189 Å². The first-order valence-corrected chi connectivity index (χ1v) is 10.5. The van der Waals surface area contributed by atoms with Gasteiger partial charge in [-0.05, 0) is 54.0 Å². The summed E-state index contributed by atoms with van der Waals surface area (Å²) < 4.78 is 12.1. The zero-order valence-corrected chi connectivity index (χ0v) is 18.2. The van der Waals surface area contributed by atoms with Gasteiger partial charge in [-0.1, -0.05) is 35.3 Å². The Hall–Kier alpha value is -2.86. The molecule has 1 aromatic heterocycles. The second-order valence-corrected chi connectivity index (χ2v) is 8.45. The Morgan fingerprint density at radius 3 is 2.87 bits per heavy atom. The van der Waals surface area contributed by atoms with Crippen molar-refractivity contribution in [3.05, 3.63) is 92.4 Å². The molecule has 5 nitrogen and oxygen atoms in total. The van der Waals surface area contributed by atoms with E-state index in [4.69, 9.17) is 32.7 Å². The van der Waals surface area contributed by atoms with Crippen LogP contribution in [-0.4, -0.2) is 22.4 Å². The van der Waals surface area contributed by atoms with Gasteiger partial charge in [0.25, 0.3) is 0 Å². The number of fused-ring (bicyclic) bond motifs is 3. The van der Waals surface area contributed by atoms with E-state index < -0.39 is 0 Å². The lowest BCUT2D eigenvalue weighted by Crippen LogP contribution is -2.31. The van der Waals surface area contributed by atoms with Crippen molar-refractivity contribution in [1.29, 1.82) is 0 Å². The number of aryl methyl sites for hydroxylation is 1. The lowest BCUT2D eigenvalue weighted by Gasteiger charge is -2.30. The van der Waals surface area contributed by atoms with E-state index in [0.717, 1.165) is 22.4 Å². The van der Waals surface area contributed by atoms with E-state index >= 15 is 0 Å². The average molecular weight is 453 g/mol. The first kappa shape index (κ1) is 20.1. The molecule has 3 aromatic rings. The monoisotopic (exact) mass is 452 g/mol. The Morgan fingerprint density at radius 2 is 2.10 bits per heavy atom. The zero-order chi connectivity index (χ0) is 21.5. The Bertz CT molecular complexity index is 1230. The highest BCUT2D eigenvalue weighted by molar-refractivity contribution is 6.35. The van der Waals surface area contributed by atoms with Gasteiger partial charge in [0.2, 0.25) is 5.78 Å². The molecule has 0 bridgehead atoms. The predicted octanol–water partition coefficient (Wildman–Crippen LogP) is 5.67. The highest BCUT2D eigenvalue weighted by atomic mass is 35.5. The van der Waals surface area contributed by atoms with Crippen molar-refractivity contribution in [1.82, 2.24) is 9.88 Å². The summed E-state index contributed by atoms with van der Waals surface area (Å²) in [5.74, 6) is 1.38. The number of pyridine rings is 1. The molecule has 0 amide bonds.